The van der Waals surface area contributed by atoms with E-state index in [9.17, 15) is 42.2 Å². The zero-order valence-corrected chi connectivity index (χ0v) is 37.1. The number of aromatic nitrogens is 3. The molecule has 66 heavy (non-hydrogen) atoms. The smallest absolute Gasteiger partial charge is 0.388 e. The van der Waals surface area contributed by atoms with Gasteiger partial charge in [0.1, 0.15) is 12.0 Å². The van der Waals surface area contributed by atoms with E-state index in [2.05, 4.69) is 27.4 Å². The van der Waals surface area contributed by atoms with Crippen LogP contribution in [0.3, 0.4) is 0 Å². The van der Waals surface area contributed by atoms with Gasteiger partial charge in [-0.25, -0.2) is 9.37 Å². The van der Waals surface area contributed by atoms with E-state index in [1.807, 2.05) is 6.07 Å². The maximum atomic E-state index is 14.3. The van der Waals surface area contributed by atoms with Crippen LogP contribution in [0.5, 0.6) is 0 Å². The van der Waals surface area contributed by atoms with Gasteiger partial charge in [-0.05, 0) is 124 Å². The number of alkyl halides is 3. The molecule has 0 saturated carbocycles. The van der Waals surface area contributed by atoms with Crippen molar-refractivity contribution in [3.63, 3.8) is 0 Å². The highest BCUT2D eigenvalue weighted by Crippen LogP contribution is 2.34. The Hall–Kier alpha value is -5.49. The highest BCUT2D eigenvalue weighted by molar-refractivity contribution is 5.98. The van der Waals surface area contributed by atoms with Gasteiger partial charge in [-0.2, -0.15) is 13.2 Å². The lowest BCUT2D eigenvalue weighted by Crippen LogP contribution is -2.51. The first-order chi connectivity index (χ1) is 31.6. The zero-order valence-electron chi connectivity index (χ0n) is 37.1. The number of likely N-dealkylation sites (tertiary alicyclic amines) is 1. The molecule has 2 saturated heterocycles. The number of morpholine rings is 1. The van der Waals surface area contributed by atoms with Crippen LogP contribution >= 0.6 is 0 Å². The van der Waals surface area contributed by atoms with E-state index in [0.717, 1.165) is 67.5 Å². The first kappa shape index (κ1) is 47.0. The standard InChI is InChI=1S/C49H57F4N7O6/c1-31-36-6-2-3-7-41(36)57-43-27-33(9-11-37(31)43)45(62)54-17-4-5-34(25-32-8-13-40(50)39(26-32)49(51,52)53)46(63)59-19-15-48(65,16-20-59)29-60-30-55-42-28-35(10-12-38(42)47(60)64)56-44(61)14-18-58-21-23-66-24-22-58/h8-13,26-28,30,34,44,56,61,65H,2-7,14-25,29H2,1H3,(H,54,62). The third-order valence-corrected chi connectivity index (χ3v) is 13.4. The van der Waals surface area contributed by atoms with Crippen LogP contribution in [0.4, 0.5) is 23.2 Å². The molecule has 3 aromatic carbocycles. The first-order valence-electron chi connectivity index (χ1n) is 23.0. The highest BCUT2D eigenvalue weighted by atomic mass is 19.4. The Morgan fingerprint density at radius 1 is 0.939 bits per heavy atom. The topological polar surface area (TPSA) is 162 Å². The van der Waals surface area contributed by atoms with E-state index in [0.29, 0.717) is 54.8 Å². The van der Waals surface area contributed by atoms with Crippen LogP contribution in [0.25, 0.3) is 21.8 Å². The van der Waals surface area contributed by atoms with Crippen molar-refractivity contribution in [2.45, 2.75) is 95.7 Å². The summed E-state index contributed by atoms with van der Waals surface area (Å²) >= 11 is 0. The van der Waals surface area contributed by atoms with Crippen LogP contribution in [0.15, 0.2) is 65.7 Å². The van der Waals surface area contributed by atoms with Crippen LogP contribution < -0.4 is 16.2 Å². The second-order valence-corrected chi connectivity index (χ2v) is 18.1. The Balaban J connectivity index is 0.892. The summed E-state index contributed by atoms with van der Waals surface area (Å²) in [6.45, 7) is 6.14. The molecule has 2 amide bonds. The summed E-state index contributed by atoms with van der Waals surface area (Å²) in [6, 6.07) is 13.2. The lowest BCUT2D eigenvalue weighted by Gasteiger charge is -2.39. The summed E-state index contributed by atoms with van der Waals surface area (Å²) in [7, 11) is 0. The van der Waals surface area contributed by atoms with Crippen LogP contribution in [-0.2, 0) is 41.5 Å². The van der Waals surface area contributed by atoms with E-state index < -0.39 is 35.3 Å². The van der Waals surface area contributed by atoms with E-state index in [1.54, 1.807) is 35.2 Å². The number of pyridine rings is 1. The molecule has 2 unspecified atom stereocenters. The summed E-state index contributed by atoms with van der Waals surface area (Å²) in [4.78, 5) is 54.2. The average Bonchev–Trinajstić information content (AvgIpc) is 3.30. The normalized spacial score (nSPS) is 17.7. The van der Waals surface area contributed by atoms with Crippen molar-refractivity contribution < 1.29 is 42.1 Å². The van der Waals surface area contributed by atoms with Crippen molar-refractivity contribution >= 4 is 39.3 Å². The quantitative estimate of drug-likeness (QED) is 0.0544. The molecule has 1 aliphatic carbocycles. The van der Waals surface area contributed by atoms with Gasteiger partial charge in [0.25, 0.3) is 11.5 Å². The second-order valence-electron chi connectivity index (χ2n) is 18.1. The van der Waals surface area contributed by atoms with Gasteiger partial charge >= 0.3 is 6.18 Å². The number of rotatable bonds is 15. The van der Waals surface area contributed by atoms with Crippen molar-refractivity contribution in [2.75, 3.05) is 57.8 Å². The van der Waals surface area contributed by atoms with Crippen LogP contribution in [-0.4, -0.2) is 111 Å². The fraction of sp³-hybridized carbons (Fsp3) is 0.490. The Bertz CT molecular complexity index is 2630. The second kappa shape index (κ2) is 20.2. The predicted molar refractivity (Wildman–Crippen MR) is 242 cm³/mol. The molecule has 352 valence electrons. The SMILES string of the molecule is Cc1c2c(nc3cc(C(=O)NCCCC(Cc4ccc(F)c(C(F)(F)F)c4)C(=O)N4CCC(O)(Cn5cnc6cc(NC(O)CCN7CCOCC7)ccc6c5=O)CC4)ccc13)CCCC2. The Kier molecular flexibility index (Phi) is 14.4. The monoisotopic (exact) mass is 915 g/mol. The third kappa shape index (κ3) is 11.0. The molecule has 2 aliphatic heterocycles. The number of carbonyl (C=O) groups excluding carboxylic acids is 2. The molecule has 2 atom stereocenters. The number of fused-ring (bicyclic) bond motifs is 3. The summed E-state index contributed by atoms with van der Waals surface area (Å²) in [5.41, 5.74) is 2.79. The van der Waals surface area contributed by atoms with Crippen molar-refractivity contribution in [3.05, 3.63) is 111 Å². The number of aliphatic hydroxyl groups excluding tert-OH is 1. The van der Waals surface area contributed by atoms with Gasteiger partial charge in [0, 0.05) is 73.9 Å². The lowest BCUT2D eigenvalue weighted by molar-refractivity contribution is -0.140. The van der Waals surface area contributed by atoms with Gasteiger partial charge in [0.05, 0.1) is 53.7 Å². The molecule has 2 aromatic heterocycles. The first-order valence-corrected chi connectivity index (χ1v) is 23.0. The van der Waals surface area contributed by atoms with Gasteiger partial charge in [-0.1, -0.05) is 12.1 Å². The maximum Gasteiger partial charge on any atom is 0.419 e. The maximum absolute atomic E-state index is 14.3. The minimum absolute atomic E-state index is 0.0783. The van der Waals surface area contributed by atoms with E-state index in [-0.39, 0.29) is 74.8 Å². The number of anilines is 1. The molecule has 17 heteroatoms. The van der Waals surface area contributed by atoms with Gasteiger partial charge in [0.15, 0.2) is 0 Å². The number of nitrogens with one attached hydrogen (secondary N) is 2. The molecule has 4 N–H and O–H groups in total. The molecule has 4 heterocycles. The number of halogens is 4. The van der Waals surface area contributed by atoms with Crippen molar-refractivity contribution in [3.8, 4) is 0 Å². The summed E-state index contributed by atoms with van der Waals surface area (Å²) in [5, 5.41) is 29.6. The Morgan fingerprint density at radius 2 is 1.70 bits per heavy atom. The summed E-state index contributed by atoms with van der Waals surface area (Å²) in [5.74, 6) is -2.86. The number of aryl methyl sites for hydroxylation is 2. The van der Waals surface area contributed by atoms with Crippen molar-refractivity contribution in [1.82, 2.24) is 29.7 Å². The van der Waals surface area contributed by atoms with E-state index >= 15 is 0 Å². The average molecular weight is 916 g/mol. The number of benzene rings is 3. The third-order valence-electron chi connectivity index (χ3n) is 13.4. The van der Waals surface area contributed by atoms with Gasteiger partial charge < -0.3 is 30.5 Å². The summed E-state index contributed by atoms with van der Waals surface area (Å²) in [6.07, 6.45) is 0.945. The summed E-state index contributed by atoms with van der Waals surface area (Å²) < 4.78 is 62.1. The van der Waals surface area contributed by atoms with Crippen LogP contribution in [0.1, 0.15) is 83.3 Å². The number of piperidine rings is 1. The van der Waals surface area contributed by atoms with E-state index in [4.69, 9.17) is 9.72 Å². The predicted octanol–water partition coefficient (Wildman–Crippen LogP) is 6.17. The van der Waals surface area contributed by atoms with Crippen molar-refractivity contribution in [2.24, 2.45) is 5.92 Å². The number of nitrogens with zero attached hydrogens (tertiary/aromatic N) is 5. The number of hydrogen-bond acceptors (Lipinski definition) is 10. The number of hydrogen-bond donors (Lipinski definition) is 4. The highest BCUT2D eigenvalue weighted by Gasteiger charge is 2.38. The number of ether oxygens (including phenoxy) is 1. The zero-order chi connectivity index (χ0) is 46.6. The molecule has 0 spiro atoms. The molecule has 13 nitrogen and oxygen atoms in total. The van der Waals surface area contributed by atoms with Crippen LogP contribution in [0.2, 0.25) is 0 Å². The largest absolute Gasteiger partial charge is 0.419 e. The molecule has 0 bridgehead atoms. The van der Waals surface area contributed by atoms with Crippen molar-refractivity contribution in [1.29, 1.82) is 0 Å². The molecule has 8 rings (SSSR count). The fourth-order valence-electron chi connectivity index (χ4n) is 9.61. The van der Waals surface area contributed by atoms with Gasteiger partial charge in [0.2, 0.25) is 5.91 Å². The number of aliphatic hydroxyl groups is 2. The molecule has 0 radical (unpaired) electrons. The van der Waals surface area contributed by atoms with E-state index in [1.165, 1.54) is 28.1 Å². The van der Waals surface area contributed by atoms with Gasteiger partial charge in [-0.15, -0.1) is 0 Å². The minimum Gasteiger partial charge on any atom is -0.388 e. The fourth-order valence-corrected chi connectivity index (χ4v) is 9.61. The van der Waals surface area contributed by atoms with Crippen LogP contribution in [0, 0.1) is 18.7 Å². The lowest BCUT2D eigenvalue weighted by atomic mass is 9.88. The number of amides is 2. The molecule has 2 fully saturated rings. The minimum atomic E-state index is -4.92. The molecular formula is C49H57F4N7O6. The molecule has 3 aliphatic rings. The Labute approximate surface area is 380 Å². The number of carbonyl (C=O) groups is 2. The molecular weight excluding hydrogens is 859 g/mol. The van der Waals surface area contributed by atoms with Gasteiger partial charge in [-0.3, -0.25) is 28.8 Å². The molecule has 5 aromatic rings. The Morgan fingerprint density at radius 3 is 2.47 bits per heavy atom.